The monoisotopic (exact) mass is 158 g/mol. The van der Waals surface area contributed by atoms with Crippen LogP contribution in [0.1, 0.15) is 20.3 Å². The lowest BCUT2D eigenvalue weighted by Crippen LogP contribution is -2.07. The summed E-state index contributed by atoms with van der Waals surface area (Å²) in [5.74, 6) is 0. The van der Waals surface area contributed by atoms with E-state index in [0.717, 1.165) is 6.42 Å². The molecule has 0 bridgehead atoms. The molecule has 0 aromatic carbocycles. The number of carbonyl (C=O) groups excluding carboxylic acids is 1. The summed E-state index contributed by atoms with van der Waals surface area (Å²) in [5.41, 5.74) is 0. The summed E-state index contributed by atoms with van der Waals surface area (Å²) in [6.07, 6.45) is 3.78. The van der Waals surface area contributed by atoms with Crippen LogP contribution in [0.2, 0.25) is 0 Å². The number of hydrogen-bond donors (Lipinski definition) is 0. The van der Waals surface area contributed by atoms with E-state index in [-0.39, 0.29) is 0 Å². The van der Waals surface area contributed by atoms with Crippen LogP contribution < -0.4 is 0 Å². The highest BCUT2D eigenvalue weighted by atomic mass is 16.7. The highest BCUT2D eigenvalue weighted by Crippen LogP contribution is 1.87. The second-order valence-electron chi connectivity index (χ2n) is 1.98. The molecule has 0 heterocycles. The lowest BCUT2D eigenvalue weighted by atomic mass is 10.5. The number of rotatable bonds is 4. The average Bonchev–Trinajstić information content (AvgIpc) is 2.01. The minimum absolute atomic E-state index is 0.291. The number of hydrogen-bond acceptors (Lipinski definition) is 3. The highest BCUT2D eigenvalue weighted by Gasteiger charge is 1.98. The molecule has 0 atom stereocenters. The standard InChI is InChI=1S/C8H14O3/c1-3-5-7-11-8(9)10-6-4-2/h3,5H,4,6-7H2,1-2H3/b5-3+. The Balaban J connectivity index is 3.22. The first-order chi connectivity index (χ1) is 5.31. The van der Waals surface area contributed by atoms with Gasteiger partial charge in [-0.2, -0.15) is 0 Å². The molecule has 11 heavy (non-hydrogen) atoms. The zero-order chi connectivity index (χ0) is 8.53. The molecule has 64 valence electrons. The van der Waals surface area contributed by atoms with E-state index in [1.54, 1.807) is 6.08 Å². The third-order valence-corrected chi connectivity index (χ3v) is 0.957. The van der Waals surface area contributed by atoms with Gasteiger partial charge in [0.2, 0.25) is 0 Å². The summed E-state index contributed by atoms with van der Waals surface area (Å²) in [6, 6.07) is 0. The minimum atomic E-state index is -0.593. The second kappa shape index (κ2) is 7.12. The van der Waals surface area contributed by atoms with Crippen molar-refractivity contribution in [2.45, 2.75) is 20.3 Å². The molecule has 0 aliphatic carbocycles. The van der Waals surface area contributed by atoms with Gasteiger partial charge in [0.25, 0.3) is 0 Å². The fraction of sp³-hybridized carbons (Fsp3) is 0.625. The first-order valence-corrected chi connectivity index (χ1v) is 3.72. The van der Waals surface area contributed by atoms with Gasteiger partial charge in [0.1, 0.15) is 6.61 Å². The fourth-order valence-corrected chi connectivity index (χ4v) is 0.439. The predicted octanol–water partition coefficient (Wildman–Crippen LogP) is 2.13. The van der Waals surface area contributed by atoms with Crippen LogP contribution >= 0.6 is 0 Å². The normalized spacial score (nSPS) is 10.0. The van der Waals surface area contributed by atoms with E-state index >= 15 is 0 Å². The van der Waals surface area contributed by atoms with Gasteiger partial charge in [0.15, 0.2) is 0 Å². The van der Waals surface area contributed by atoms with Gasteiger partial charge in [-0.05, 0) is 13.3 Å². The van der Waals surface area contributed by atoms with Crippen LogP contribution in [0, 0.1) is 0 Å². The molecule has 0 aromatic rings. The van der Waals surface area contributed by atoms with Gasteiger partial charge in [-0.25, -0.2) is 4.79 Å². The van der Waals surface area contributed by atoms with Crippen molar-refractivity contribution in [2.24, 2.45) is 0 Å². The van der Waals surface area contributed by atoms with Crippen LogP contribution in [0.25, 0.3) is 0 Å². The summed E-state index contributed by atoms with van der Waals surface area (Å²) in [5, 5.41) is 0. The third-order valence-electron chi connectivity index (χ3n) is 0.957. The molecule has 3 heteroatoms. The zero-order valence-corrected chi connectivity index (χ0v) is 7.00. The van der Waals surface area contributed by atoms with Crippen molar-refractivity contribution in [1.82, 2.24) is 0 Å². The van der Waals surface area contributed by atoms with Gasteiger partial charge in [-0.1, -0.05) is 19.1 Å². The van der Waals surface area contributed by atoms with Crippen molar-refractivity contribution in [1.29, 1.82) is 0 Å². The lowest BCUT2D eigenvalue weighted by molar-refractivity contribution is 0.0633. The molecule has 0 unspecified atom stereocenters. The smallest absolute Gasteiger partial charge is 0.434 e. The zero-order valence-electron chi connectivity index (χ0n) is 7.00. The minimum Gasteiger partial charge on any atom is -0.434 e. The van der Waals surface area contributed by atoms with Crippen LogP contribution in [-0.2, 0) is 9.47 Å². The number of ether oxygens (including phenoxy) is 2. The third kappa shape index (κ3) is 6.90. The molecule has 0 aromatic heterocycles. The summed E-state index contributed by atoms with van der Waals surface area (Å²) in [4.78, 5) is 10.6. The second-order valence-corrected chi connectivity index (χ2v) is 1.98. The van der Waals surface area contributed by atoms with E-state index in [1.165, 1.54) is 0 Å². The average molecular weight is 158 g/mol. The van der Waals surface area contributed by atoms with E-state index in [2.05, 4.69) is 9.47 Å². The Labute approximate surface area is 67.0 Å². The summed E-state index contributed by atoms with van der Waals surface area (Å²) in [7, 11) is 0. The van der Waals surface area contributed by atoms with Crippen LogP contribution in [0.5, 0.6) is 0 Å². The Kier molecular flexibility index (Phi) is 6.48. The van der Waals surface area contributed by atoms with E-state index < -0.39 is 6.16 Å². The van der Waals surface area contributed by atoms with Crippen LogP contribution in [0.3, 0.4) is 0 Å². The molecule has 0 amide bonds. The summed E-state index contributed by atoms with van der Waals surface area (Å²) >= 11 is 0. The van der Waals surface area contributed by atoms with Gasteiger partial charge in [-0.3, -0.25) is 0 Å². The Morgan fingerprint density at radius 3 is 2.73 bits per heavy atom. The first kappa shape index (κ1) is 10.0. The molecule has 0 fully saturated rings. The maximum atomic E-state index is 10.6. The first-order valence-electron chi connectivity index (χ1n) is 3.72. The van der Waals surface area contributed by atoms with Crippen LogP contribution in [0.4, 0.5) is 4.79 Å². The molecular weight excluding hydrogens is 144 g/mol. The van der Waals surface area contributed by atoms with Gasteiger partial charge in [0.05, 0.1) is 6.61 Å². The van der Waals surface area contributed by atoms with E-state index in [1.807, 2.05) is 19.9 Å². The van der Waals surface area contributed by atoms with Crippen LogP contribution in [-0.4, -0.2) is 19.4 Å². The van der Waals surface area contributed by atoms with E-state index in [4.69, 9.17) is 0 Å². The topological polar surface area (TPSA) is 35.5 Å². The van der Waals surface area contributed by atoms with Crippen molar-refractivity contribution < 1.29 is 14.3 Å². The Bertz CT molecular complexity index is 129. The van der Waals surface area contributed by atoms with Gasteiger partial charge < -0.3 is 9.47 Å². The number of carbonyl (C=O) groups is 1. The predicted molar refractivity (Wildman–Crippen MR) is 42.4 cm³/mol. The molecule has 0 rings (SSSR count). The van der Waals surface area contributed by atoms with Crippen molar-refractivity contribution in [3.8, 4) is 0 Å². The van der Waals surface area contributed by atoms with Gasteiger partial charge in [-0.15, -0.1) is 0 Å². The van der Waals surface area contributed by atoms with Crippen molar-refractivity contribution in [3.05, 3.63) is 12.2 Å². The lowest BCUT2D eigenvalue weighted by Gasteiger charge is -2.01. The molecule has 0 spiro atoms. The number of allylic oxidation sites excluding steroid dienone is 1. The molecule has 0 aliphatic heterocycles. The van der Waals surface area contributed by atoms with E-state index in [0.29, 0.717) is 13.2 Å². The quantitative estimate of drug-likeness (QED) is 0.464. The molecular formula is C8H14O3. The van der Waals surface area contributed by atoms with E-state index in [9.17, 15) is 4.79 Å². The maximum absolute atomic E-state index is 10.6. The Morgan fingerprint density at radius 2 is 2.18 bits per heavy atom. The van der Waals surface area contributed by atoms with Crippen LogP contribution in [0.15, 0.2) is 12.2 Å². The highest BCUT2D eigenvalue weighted by molar-refractivity contribution is 5.59. The Morgan fingerprint density at radius 1 is 1.45 bits per heavy atom. The van der Waals surface area contributed by atoms with Crippen molar-refractivity contribution in [2.75, 3.05) is 13.2 Å². The molecule has 0 aliphatic rings. The molecule has 3 nitrogen and oxygen atoms in total. The van der Waals surface area contributed by atoms with Gasteiger partial charge in [0, 0.05) is 0 Å². The summed E-state index contributed by atoms with van der Waals surface area (Å²) < 4.78 is 9.28. The Hall–Kier alpha value is -0.990. The largest absolute Gasteiger partial charge is 0.508 e. The maximum Gasteiger partial charge on any atom is 0.508 e. The van der Waals surface area contributed by atoms with Crippen molar-refractivity contribution >= 4 is 6.16 Å². The van der Waals surface area contributed by atoms with Gasteiger partial charge >= 0.3 is 6.16 Å². The molecule has 0 radical (unpaired) electrons. The molecule has 0 saturated heterocycles. The summed E-state index contributed by atoms with van der Waals surface area (Å²) in [6.45, 7) is 4.51. The SMILES string of the molecule is C/C=C/COC(=O)OCCC. The van der Waals surface area contributed by atoms with Crippen molar-refractivity contribution in [3.63, 3.8) is 0 Å². The fourth-order valence-electron chi connectivity index (χ4n) is 0.439. The molecule has 0 N–H and O–H groups in total. The molecule has 0 saturated carbocycles.